The summed E-state index contributed by atoms with van der Waals surface area (Å²) in [7, 11) is -8.52. The van der Waals surface area contributed by atoms with Crippen molar-refractivity contribution >= 4 is 58.9 Å². The van der Waals surface area contributed by atoms with Crippen LogP contribution >= 0.6 is 0 Å². The van der Waals surface area contributed by atoms with E-state index in [4.69, 9.17) is 5.73 Å². The second kappa shape index (κ2) is 31.0. The van der Waals surface area contributed by atoms with Gasteiger partial charge < -0.3 is 19.7 Å². The minimum absolute atomic E-state index is 0. The number of hydrogen-bond donors (Lipinski definition) is 1. The fourth-order valence-electron chi connectivity index (χ4n) is 10.8. The van der Waals surface area contributed by atoms with E-state index < -0.39 is 20.2 Å². The number of hydrogen-bond acceptors (Lipinski definition) is 8. The van der Waals surface area contributed by atoms with Crippen LogP contribution in [0.2, 0.25) is 0 Å². The monoisotopic (exact) mass is 1040 g/mol. The van der Waals surface area contributed by atoms with Crippen LogP contribution in [0.25, 0.3) is 21.5 Å². The number of nitrogens with two attached hydrogens (primary N) is 1. The van der Waals surface area contributed by atoms with Crippen LogP contribution in [0, 0.1) is 0 Å². The molecule has 0 unspecified atom stereocenters. The van der Waals surface area contributed by atoms with E-state index in [2.05, 4.69) is 117 Å². The molecule has 394 valence electrons. The van der Waals surface area contributed by atoms with Crippen LogP contribution in [0.3, 0.4) is 0 Å². The van der Waals surface area contributed by atoms with Crippen LogP contribution in [-0.4, -0.2) is 67.4 Å². The van der Waals surface area contributed by atoms with Gasteiger partial charge in [0.1, 0.15) is 6.54 Å². The van der Waals surface area contributed by atoms with Gasteiger partial charge in [0, 0.05) is 59.0 Å². The average molecular weight is 1040 g/mol. The van der Waals surface area contributed by atoms with E-state index in [1.165, 1.54) is 125 Å². The third-order valence-electron chi connectivity index (χ3n) is 14.6. The van der Waals surface area contributed by atoms with Gasteiger partial charge in [-0.3, -0.25) is 0 Å². The number of nitrogens with zero attached hydrogens (tertiary/aromatic N) is 2. The molecular weight excluding hydrogens is 958 g/mol. The van der Waals surface area contributed by atoms with Crippen LogP contribution in [-0.2, 0) is 31.1 Å². The van der Waals surface area contributed by atoms with Gasteiger partial charge >= 0.3 is 29.6 Å². The fourth-order valence-corrected chi connectivity index (χ4v) is 11.9. The zero-order chi connectivity index (χ0) is 52.0. The molecule has 0 atom stereocenters. The molecule has 0 amide bonds. The zero-order valence-electron chi connectivity index (χ0n) is 45.4. The Morgan fingerprint density at radius 2 is 1.03 bits per heavy atom. The Hall–Kier alpha value is -3.39. The standard InChI is InChI=1S/C43H48N2O6S2.C18H39N.Na/c1-42(2)38(44(28-14-16-30-52(46,47)48)36-26-24-32-18-10-12-20-34(32)40(36)42)22-8-6-5-7-9-23-39-43(3,4)41-35-21-13-11-19-33(35)25-27-37(41)45(39)29-15-17-31-53(49,50)51;1-2-3-4-5-6-7-8-9-10-11-12-13-14-15-16-17-18-19;/h5-13,18-27H,14-17,28-31H2,1-4H3,(H-,46,47,48,49,50,51);2-19H2,1H3;/q;;+1/p-1. The van der Waals surface area contributed by atoms with Crippen molar-refractivity contribution in [3.8, 4) is 0 Å². The predicted octanol–water partition coefficient (Wildman–Crippen LogP) is 11.6. The molecule has 0 aliphatic carbocycles. The van der Waals surface area contributed by atoms with Crippen LogP contribution < -0.4 is 40.2 Å². The minimum atomic E-state index is -4.26. The van der Waals surface area contributed by atoms with E-state index >= 15 is 0 Å². The molecule has 2 aliphatic heterocycles. The van der Waals surface area contributed by atoms with E-state index in [9.17, 15) is 25.9 Å². The molecule has 0 bridgehead atoms. The van der Waals surface area contributed by atoms with Gasteiger partial charge in [0.25, 0.3) is 0 Å². The molecule has 0 saturated heterocycles. The molecule has 2 N–H and O–H groups in total. The van der Waals surface area contributed by atoms with E-state index in [-0.39, 0.29) is 51.9 Å². The van der Waals surface area contributed by atoms with Gasteiger partial charge in [-0.2, -0.15) is 4.58 Å². The van der Waals surface area contributed by atoms with Gasteiger partial charge in [-0.25, -0.2) is 16.8 Å². The van der Waals surface area contributed by atoms with Crippen molar-refractivity contribution in [2.75, 3.05) is 36.0 Å². The SMILES string of the molecule is CC1(C)C(/C=C/C=C/C=C/C=C2/N(CCCCS(=O)(=O)[O-])c3ccc4ccccc4c3C2(C)C)=[N+](CCCCS(=O)(=O)[O-])c2ccc3ccccc3c21.CCCCCCCCCCCCCCCCCCN.[Na+]. The van der Waals surface area contributed by atoms with Crippen molar-refractivity contribution in [1.29, 1.82) is 0 Å². The van der Waals surface area contributed by atoms with Crippen LogP contribution in [0.15, 0.2) is 121 Å². The Kier molecular flexibility index (Phi) is 26.4. The van der Waals surface area contributed by atoms with Crippen molar-refractivity contribution in [1.82, 2.24) is 0 Å². The van der Waals surface area contributed by atoms with Crippen LogP contribution in [0.5, 0.6) is 0 Å². The molecule has 2 aliphatic rings. The van der Waals surface area contributed by atoms with E-state index in [1.807, 2.05) is 42.5 Å². The first-order chi connectivity index (χ1) is 34.5. The second-order valence-electron chi connectivity index (χ2n) is 21.0. The summed E-state index contributed by atoms with van der Waals surface area (Å²) < 4.78 is 69.8. The zero-order valence-corrected chi connectivity index (χ0v) is 49.0. The average Bonchev–Trinajstić information content (AvgIpc) is 3.70. The maximum atomic E-state index is 11.3. The molecule has 0 spiro atoms. The van der Waals surface area contributed by atoms with Gasteiger partial charge in [0.05, 0.1) is 25.7 Å². The first kappa shape index (κ1) is 62.2. The Balaban J connectivity index is 0.000000491. The molecule has 9 nitrogen and oxygen atoms in total. The number of rotatable bonds is 30. The molecule has 0 aromatic heterocycles. The molecule has 2 heterocycles. The molecule has 6 rings (SSSR count). The van der Waals surface area contributed by atoms with Crippen molar-refractivity contribution < 1.29 is 60.1 Å². The second-order valence-corrected chi connectivity index (χ2v) is 24.1. The molecule has 4 aromatic carbocycles. The Morgan fingerprint density at radius 1 is 0.548 bits per heavy atom. The maximum absolute atomic E-state index is 11.3. The topological polar surface area (TPSA) is 147 Å². The summed E-state index contributed by atoms with van der Waals surface area (Å²) >= 11 is 0. The summed E-state index contributed by atoms with van der Waals surface area (Å²) in [5.41, 5.74) is 11.7. The van der Waals surface area contributed by atoms with Gasteiger partial charge in [-0.05, 0) is 91.4 Å². The number of benzene rings is 4. The van der Waals surface area contributed by atoms with Crippen LogP contribution in [0.4, 0.5) is 11.4 Å². The van der Waals surface area contributed by atoms with Crippen molar-refractivity contribution in [2.45, 2.75) is 174 Å². The summed E-state index contributed by atoms with van der Waals surface area (Å²) in [5.74, 6) is -0.733. The summed E-state index contributed by atoms with van der Waals surface area (Å²) in [4.78, 5) is 2.26. The largest absolute Gasteiger partial charge is 1.00 e. The Bertz CT molecular complexity index is 2720. The van der Waals surface area contributed by atoms with Crippen molar-refractivity contribution in [3.05, 3.63) is 132 Å². The minimum Gasteiger partial charge on any atom is -0.748 e. The summed E-state index contributed by atoms with van der Waals surface area (Å²) in [6.07, 6.45) is 38.9. The normalized spacial score (nSPS) is 15.8. The van der Waals surface area contributed by atoms with E-state index in [0.29, 0.717) is 38.8 Å². The molecule has 0 saturated carbocycles. The molecule has 12 heteroatoms. The summed E-state index contributed by atoms with van der Waals surface area (Å²) in [5, 5.41) is 4.70. The number of fused-ring (bicyclic) bond motifs is 6. The number of unbranched alkanes of at least 4 members (excludes halogenated alkanes) is 17. The first-order valence-corrected chi connectivity index (χ1v) is 30.4. The first-order valence-electron chi connectivity index (χ1n) is 27.3. The molecule has 73 heavy (non-hydrogen) atoms. The molecule has 0 radical (unpaired) electrons. The maximum Gasteiger partial charge on any atom is 1.00 e. The van der Waals surface area contributed by atoms with Gasteiger partial charge in [0.2, 0.25) is 5.69 Å². The van der Waals surface area contributed by atoms with Crippen LogP contribution in [0.1, 0.15) is 174 Å². The van der Waals surface area contributed by atoms with E-state index in [1.54, 1.807) is 0 Å². The van der Waals surface area contributed by atoms with Crippen molar-refractivity contribution in [2.24, 2.45) is 5.73 Å². The van der Waals surface area contributed by atoms with E-state index in [0.717, 1.165) is 40.1 Å². The number of anilines is 1. The summed E-state index contributed by atoms with van der Waals surface area (Å²) in [6, 6.07) is 25.2. The Morgan fingerprint density at radius 3 is 1.58 bits per heavy atom. The fraction of sp³-hybridized carbons (Fsp3) is 0.525. The smallest absolute Gasteiger partial charge is 0.748 e. The molecule has 0 fully saturated rings. The Labute approximate surface area is 463 Å². The molecular formula is C61H86N3NaO6S2. The van der Waals surface area contributed by atoms with Gasteiger partial charge in [-0.15, -0.1) is 0 Å². The summed E-state index contributed by atoms with van der Waals surface area (Å²) in [6.45, 7) is 13.2. The third-order valence-corrected chi connectivity index (χ3v) is 16.1. The van der Waals surface area contributed by atoms with Gasteiger partial charge in [0.15, 0.2) is 5.71 Å². The third kappa shape index (κ3) is 19.0. The number of allylic oxidation sites excluding steroid dienone is 8. The molecule has 4 aromatic rings. The van der Waals surface area contributed by atoms with Crippen molar-refractivity contribution in [3.63, 3.8) is 0 Å². The predicted molar refractivity (Wildman–Crippen MR) is 303 cm³/mol. The van der Waals surface area contributed by atoms with Gasteiger partial charge in [-0.1, -0.05) is 202 Å². The quantitative estimate of drug-likeness (QED) is 0.0179.